The molecule has 2 heterocycles. The van der Waals surface area contributed by atoms with Crippen LogP contribution in [0.2, 0.25) is 4.31 Å². The number of fused-ring (bicyclic) bond motifs is 1. The molecule has 2 N–H and O–H groups in total. The number of β-lactam (4-membered cyclic amide) rings is 1. The van der Waals surface area contributed by atoms with Crippen molar-refractivity contribution in [2.24, 2.45) is 5.92 Å². The normalized spacial score (nSPS) is 37.4. The van der Waals surface area contributed by atoms with Gasteiger partial charge >= 0.3 is 95.2 Å². The zero-order valence-electron chi connectivity index (χ0n) is 9.39. The van der Waals surface area contributed by atoms with Gasteiger partial charge in [0.1, 0.15) is 0 Å². The van der Waals surface area contributed by atoms with Crippen LogP contribution in [0.15, 0.2) is 10.5 Å². The van der Waals surface area contributed by atoms with E-state index >= 15 is 0 Å². The van der Waals surface area contributed by atoms with Crippen molar-refractivity contribution in [2.75, 3.05) is 0 Å². The van der Waals surface area contributed by atoms with Gasteiger partial charge in [-0.05, 0) is 0 Å². The maximum atomic E-state index is 12.1. The molecule has 0 spiro atoms. The standard InChI is InChI=1S/C10H15NO4Se/c1-5(2)8(12)10-7(11-9(10)13)6(3)4-16(10,14)15/h4-5,7-8,12H,1-3H3,(H,11,13)/t7-,8-,10-/m0/s1. The number of nitrogens with one attached hydrogen (secondary N) is 1. The van der Waals surface area contributed by atoms with Gasteiger partial charge in [0.15, 0.2) is 0 Å². The van der Waals surface area contributed by atoms with Crippen LogP contribution in [0.1, 0.15) is 20.8 Å². The van der Waals surface area contributed by atoms with Gasteiger partial charge in [-0.25, -0.2) is 0 Å². The van der Waals surface area contributed by atoms with Gasteiger partial charge in [0.05, 0.1) is 0 Å². The Kier molecular flexibility index (Phi) is 2.32. The van der Waals surface area contributed by atoms with Gasteiger partial charge in [-0.2, -0.15) is 0 Å². The van der Waals surface area contributed by atoms with Gasteiger partial charge in [0.25, 0.3) is 0 Å². The summed E-state index contributed by atoms with van der Waals surface area (Å²) in [5, 5.41) is 12.6. The van der Waals surface area contributed by atoms with Gasteiger partial charge in [0.2, 0.25) is 0 Å². The van der Waals surface area contributed by atoms with Crippen molar-refractivity contribution in [3.05, 3.63) is 10.5 Å². The summed E-state index contributed by atoms with van der Waals surface area (Å²) in [6, 6.07) is -0.535. The molecule has 0 aromatic heterocycles. The number of aliphatic hydroxyl groups excluding tert-OH is 1. The van der Waals surface area contributed by atoms with Gasteiger partial charge in [-0.15, -0.1) is 0 Å². The van der Waals surface area contributed by atoms with Crippen molar-refractivity contribution in [1.29, 1.82) is 0 Å². The molecule has 0 unspecified atom stereocenters. The molecule has 1 saturated heterocycles. The molecule has 1 amide bonds. The summed E-state index contributed by atoms with van der Waals surface area (Å²) >= 11 is -4.54. The van der Waals surface area contributed by atoms with Crippen LogP contribution in [0.3, 0.4) is 0 Å². The van der Waals surface area contributed by atoms with E-state index in [-0.39, 0.29) is 5.92 Å². The molecule has 90 valence electrons. The van der Waals surface area contributed by atoms with Crippen LogP contribution >= 0.6 is 0 Å². The predicted octanol–water partition coefficient (Wildman–Crippen LogP) is 0.0444. The number of aliphatic hydroxyl groups is 1. The fourth-order valence-electron chi connectivity index (χ4n) is 2.53. The van der Waals surface area contributed by atoms with Crippen LogP contribution in [-0.2, 0) is 12.5 Å². The molecule has 0 saturated carbocycles. The summed E-state index contributed by atoms with van der Waals surface area (Å²) in [6.07, 6.45) is -1.14. The van der Waals surface area contributed by atoms with Crippen molar-refractivity contribution in [1.82, 2.24) is 5.32 Å². The molecular weight excluding hydrogens is 277 g/mol. The Hall–Kier alpha value is -0.711. The second-order valence-electron chi connectivity index (χ2n) is 4.80. The minimum absolute atomic E-state index is 0.271. The van der Waals surface area contributed by atoms with Crippen LogP contribution in [0.5, 0.6) is 0 Å². The number of carbonyl (C=O) groups is 1. The van der Waals surface area contributed by atoms with E-state index in [1.807, 2.05) is 0 Å². The van der Waals surface area contributed by atoms with Gasteiger partial charge in [-0.1, -0.05) is 0 Å². The fraction of sp³-hybridized carbons (Fsp3) is 0.700. The molecule has 1 fully saturated rings. The molecule has 0 aliphatic carbocycles. The van der Waals surface area contributed by atoms with Gasteiger partial charge < -0.3 is 0 Å². The summed E-state index contributed by atoms with van der Waals surface area (Å²) in [6.45, 7) is 5.09. The Morgan fingerprint density at radius 1 is 1.50 bits per heavy atom. The first-order valence-electron chi connectivity index (χ1n) is 5.17. The van der Waals surface area contributed by atoms with Crippen LogP contribution in [0.25, 0.3) is 0 Å². The summed E-state index contributed by atoms with van der Waals surface area (Å²) < 4.78 is 22.6. The third-order valence-electron chi connectivity index (χ3n) is 3.40. The van der Waals surface area contributed by atoms with Crippen molar-refractivity contribution >= 4 is 18.6 Å². The second kappa shape index (κ2) is 3.15. The van der Waals surface area contributed by atoms with Crippen molar-refractivity contribution in [3.63, 3.8) is 0 Å². The molecule has 6 heteroatoms. The van der Waals surface area contributed by atoms with Crippen LogP contribution < -0.4 is 5.32 Å². The van der Waals surface area contributed by atoms with Crippen molar-refractivity contribution in [3.8, 4) is 0 Å². The molecule has 3 atom stereocenters. The molecule has 5 nitrogen and oxygen atoms in total. The molecular formula is C10H15NO4Se. The fourth-order valence-corrected chi connectivity index (χ4v) is 7.40. The first kappa shape index (κ1) is 11.8. The summed E-state index contributed by atoms with van der Waals surface area (Å²) in [4.78, 5) is 12.8. The number of amides is 1. The molecule has 0 radical (unpaired) electrons. The Balaban J connectivity index is 2.58. The Morgan fingerprint density at radius 2 is 2.06 bits per heavy atom. The van der Waals surface area contributed by atoms with E-state index in [1.54, 1.807) is 20.8 Å². The number of carbonyl (C=O) groups excluding carboxylic acids is 1. The van der Waals surface area contributed by atoms with E-state index in [0.29, 0.717) is 5.57 Å². The molecule has 0 aromatic carbocycles. The van der Waals surface area contributed by atoms with Crippen molar-refractivity contribution in [2.45, 2.75) is 37.2 Å². The minimum atomic E-state index is -4.54. The number of rotatable bonds is 2. The van der Waals surface area contributed by atoms with E-state index in [1.165, 1.54) is 4.97 Å². The van der Waals surface area contributed by atoms with E-state index in [4.69, 9.17) is 0 Å². The predicted molar refractivity (Wildman–Crippen MR) is 56.4 cm³/mol. The first-order valence-corrected chi connectivity index (χ1v) is 8.41. The summed E-state index contributed by atoms with van der Waals surface area (Å²) in [5.74, 6) is -0.830. The number of hydrogen-bond donors (Lipinski definition) is 2. The van der Waals surface area contributed by atoms with Gasteiger partial charge in [-0.3, -0.25) is 0 Å². The van der Waals surface area contributed by atoms with Crippen LogP contribution in [0, 0.1) is 5.92 Å². The van der Waals surface area contributed by atoms with E-state index < -0.39 is 35.1 Å². The molecule has 0 aromatic rings. The molecule has 16 heavy (non-hydrogen) atoms. The van der Waals surface area contributed by atoms with Gasteiger partial charge in [0, 0.05) is 0 Å². The molecule has 2 aliphatic heterocycles. The van der Waals surface area contributed by atoms with Crippen molar-refractivity contribution < 1.29 is 17.6 Å². The molecule has 0 bridgehead atoms. The SMILES string of the molecule is CC1=C[Se](=O)(=O)[C@@]2([C@@H](O)C(C)C)C(=O)N[C@@H]12. The summed E-state index contributed by atoms with van der Waals surface area (Å²) in [7, 11) is 0. The quantitative estimate of drug-likeness (QED) is 0.556. The topological polar surface area (TPSA) is 83.5 Å². The number of hydrogen-bond acceptors (Lipinski definition) is 4. The zero-order chi connectivity index (χ0) is 12.3. The van der Waals surface area contributed by atoms with Crippen LogP contribution in [-0.4, -0.2) is 35.9 Å². The van der Waals surface area contributed by atoms with Crippen LogP contribution in [0.4, 0.5) is 0 Å². The van der Waals surface area contributed by atoms with E-state index in [0.717, 1.165) is 0 Å². The Bertz CT molecular complexity index is 479. The third kappa shape index (κ3) is 1.07. The first-order chi connectivity index (χ1) is 7.25. The summed E-state index contributed by atoms with van der Waals surface area (Å²) in [5.41, 5.74) is 0.615. The maximum absolute atomic E-state index is 12.1. The average molecular weight is 292 g/mol. The molecule has 2 rings (SSSR count). The molecule has 2 aliphatic rings. The average Bonchev–Trinajstić information content (AvgIpc) is 2.27. The monoisotopic (exact) mass is 293 g/mol. The third-order valence-corrected chi connectivity index (χ3v) is 8.19. The Labute approximate surface area is 95.5 Å². The Morgan fingerprint density at radius 3 is 2.44 bits per heavy atom. The zero-order valence-corrected chi connectivity index (χ0v) is 11.1. The second-order valence-corrected chi connectivity index (χ2v) is 8.99. The van der Waals surface area contributed by atoms with E-state index in [2.05, 4.69) is 5.32 Å². The van der Waals surface area contributed by atoms with E-state index in [9.17, 15) is 17.6 Å².